The zero-order valence-electron chi connectivity index (χ0n) is 4.44. The smallest absolute Gasteiger partial charge is 0.0428 e. The van der Waals surface area contributed by atoms with Gasteiger partial charge in [0.15, 0.2) is 0 Å². The molecule has 0 atom stereocenters. The largest absolute Gasteiger partial charge is 0.141 e. The first-order valence-electron chi connectivity index (χ1n) is 2.49. The second kappa shape index (κ2) is 3.16. The maximum absolute atomic E-state index is 8.67. The average Bonchev–Trinajstić information content (AvgIpc) is 1.65. The highest BCUT2D eigenvalue weighted by atomic mass is 14.6. The van der Waals surface area contributed by atoms with Gasteiger partial charge in [-0.1, -0.05) is 13.8 Å². The molecule has 0 spiro atoms. The molecule has 0 aliphatic heterocycles. The van der Waals surface area contributed by atoms with Crippen LogP contribution in [0.5, 0.6) is 0 Å². The molecule has 0 aromatic rings. The summed E-state index contributed by atoms with van der Waals surface area (Å²) in [5, 5.41) is 0. The summed E-state index contributed by atoms with van der Waals surface area (Å²) in [6.07, 6.45) is 1.77. The molecule has 0 saturated carbocycles. The Bertz CT molecular complexity index is 23.1. The lowest BCUT2D eigenvalue weighted by Crippen LogP contribution is -2.02. The molecular weight excluding hydrogens is 74.1 g/mol. The van der Waals surface area contributed by atoms with Gasteiger partial charge in [0.1, 0.15) is 0 Å². The van der Waals surface area contributed by atoms with Crippen molar-refractivity contribution in [2.45, 2.75) is 32.7 Å². The minimum Gasteiger partial charge on any atom is -0.141 e. The molecule has 0 heterocycles. The zero-order chi connectivity index (χ0) is 4.99. The quantitative estimate of drug-likeness (QED) is 0.481. The second-order valence-electron chi connectivity index (χ2n) is 1.47. The Morgan fingerprint density at radius 3 is 1.67 bits per heavy atom. The fourth-order valence-electron chi connectivity index (χ4n) is 0.289. The van der Waals surface area contributed by atoms with E-state index >= 15 is 0 Å². The summed E-state index contributed by atoms with van der Waals surface area (Å²) in [4.78, 5) is 0. The molecule has 0 aromatic heterocycles. The van der Waals surface area contributed by atoms with Gasteiger partial charge in [-0.3, -0.25) is 0 Å². The van der Waals surface area contributed by atoms with Crippen LogP contribution in [0.25, 0.3) is 0 Å². The third-order valence-corrected chi connectivity index (χ3v) is 0.942. The van der Waals surface area contributed by atoms with E-state index < -0.39 is 0 Å². The summed E-state index contributed by atoms with van der Waals surface area (Å²) in [5.74, 6) is 0. The Morgan fingerprint density at radius 2 is 1.67 bits per heavy atom. The monoisotopic (exact) mass is 85.1 g/mol. The van der Waals surface area contributed by atoms with E-state index in [-0.39, 0.29) is 6.04 Å². The van der Waals surface area contributed by atoms with E-state index in [1.54, 1.807) is 0 Å². The average molecular weight is 85.1 g/mol. The van der Waals surface area contributed by atoms with Crippen molar-refractivity contribution in [1.82, 2.24) is 5.73 Å². The van der Waals surface area contributed by atoms with Gasteiger partial charge in [-0.2, -0.15) is 0 Å². The Kier molecular flexibility index (Phi) is 3.14. The minimum absolute atomic E-state index is 0.0648. The molecule has 1 nitrogen and oxygen atoms in total. The van der Waals surface area contributed by atoms with Crippen LogP contribution in [-0.2, 0) is 0 Å². The fourth-order valence-corrected chi connectivity index (χ4v) is 0.289. The molecule has 0 aromatic carbocycles. The van der Waals surface area contributed by atoms with Crippen LogP contribution in [0, 0.1) is 0 Å². The van der Waals surface area contributed by atoms with Gasteiger partial charge in [0.25, 0.3) is 0 Å². The molecule has 0 fully saturated rings. The molecule has 0 N–H and O–H groups in total. The van der Waals surface area contributed by atoms with E-state index in [4.69, 9.17) is 5.73 Å². The van der Waals surface area contributed by atoms with Crippen LogP contribution < -0.4 is 5.73 Å². The summed E-state index contributed by atoms with van der Waals surface area (Å²) in [6, 6.07) is -0.0648. The van der Waals surface area contributed by atoms with Crippen molar-refractivity contribution in [2.24, 2.45) is 0 Å². The topological polar surface area (TPSA) is 22.3 Å². The lowest BCUT2D eigenvalue weighted by atomic mass is 10.2. The molecule has 0 saturated heterocycles. The van der Waals surface area contributed by atoms with E-state index in [1.807, 2.05) is 13.8 Å². The maximum Gasteiger partial charge on any atom is 0.0428 e. The van der Waals surface area contributed by atoms with Crippen LogP contribution in [0.15, 0.2) is 0 Å². The van der Waals surface area contributed by atoms with Crippen LogP contribution in [0.1, 0.15) is 26.7 Å². The molecule has 0 bridgehead atoms. The van der Waals surface area contributed by atoms with Gasteiger partial charge < -0.3 is 0 Å². The van der Waals surface area contributed by atoms with Crippen LogP contribution in [0.2, 0.25) is 0 Å². The number of hydrogen-bond acceptors (Lipinski definition) is 0. The van der Waals surface area contributed by atoms with Crippen molar-refractivity contribution in [3.8, 4) is 0 Å². The van der Waals surface area contributed by atoms with Crippen LogP contribution in [-0.4, -0.2) is 6.04 Å². The van der Waals surface area contributed by atoms with E-state index in [1.165, 1.54) is 0 Å². The lowest BCUT2D eigenvalue weighted by Gasteiger charge is -1.95. The number of hydrogen-bond donors (Lipinski definition) is 0. The maximum atomic E-state index is 8.67. The first-order chi connectivity index (χ1) is 2.81. The van der Waals surface area contributed by atoms with Gasteiger partial charge in [-0.25, -0.2) is 0 Å². The van der Waals surface area contributed by atoms with Crippen molar-refractivity contribution >= 4 is 0 Å². The summed E-state index contributed by atoms with van der Waals surface area (Å²) in [6.45, 7) is 3.96. The highest BCUT2D eigenvalue weighted by Gasteiger charge is 1.92. The molecule has 1 heteroatoms. The fraction of sp³-hybridized carbons (Fsp3) is 1.00. The number of rotatable bonds is 2. The van der Waals surface area contributed by atoms with Gasteiger partial charge in [-0.15, -0.1) is 5.73 Å². The van der Waals surface area contributed by atoms with Crippen molar-refractivity contribution in [2.75, 3.05) is 0 Å². The number of nitrogens with zero attached hydrogens (tertiary/aromatic N) is 1. The highest BCUT2D eigenvalue weighted by Crippen LogP contribution is 1.90. The molecule has 0 aliphatic rings. The molecule has 6 heavy (non-hydrogen) atoms. The van der Waals surface area contributed by atoms with E-state index in [0.717, 1.165) is 12.8 Å². The first kappa shape index (κ1) is 5.96. The Labute approximate surface area is 39.5 Å². The zero-order valence-corrected chi connectivity index (χ0v) is 4.44. The molecule has 0 rings (SSSR count). The minimum atomic E-state index is -0.0648. The highest BCUT2D eigenvalue weighted by molar-refractivity contribution is 4.50. The Morgan fingerprint density at radius 1 is 1.33 bits per heavy atom. The van der Waals surface area contributed by atoms with Gasteiger partial charge >= 0.3 is 0 Å². The predicted octanol–water partition coefficient (Wildman–Crippen LogP) is 1.24. The summed E-state index contributed by atoms with van der Waals surface area (Å²) in [7, 11) is 0. The van der Waals surface area contributed by atoms with Crippen LogP contribution >= 0.6 is 0 Å². The molecule has 36 valence electrons. The standard InChI is InChI=1S/C5H11N/c1-3-5(6)4-2/h5H,3-4H2,1-2H3. The van der Waals surface area contributed by atoms with Crippen molar-refractivity contribution in [3.63, 3.8) is 0 Å². The SMILES string of the molecule is CCC([N])CC. The molecular formula is C5H11N. The van der Waals surface area contributed by atoms with Gasteiger partial charge in [0.2, 0.25) is 0 Å². The molecule has 2 radical (unpaired) electrons. The third-order valence-electron chi connectivity index (χ3n) is 0.942. The van der Waals surface area contributed by atoms with Crippen molar-refractivity contribution < 1.29 is 0 Å². The third kappa shape index (κ3) is 2.21. The van der Waals surface area contributed by atoms with Gasteiger partial charge in [0.05, 0.1) is 0 Å². The van der Waals surface area contributed by atoms with Gasteiger partial charge in [0, 0.05) is 6.04 Å². The Balaban J connectivity index is 2.75. The van der Waals surface area contributed by atoms with E-state index in [9.17, 15) is 0 Å². The summed E-state index contributed by atoms with van der Waals surface area (Å²) >= 11 is 0. The predicted molar refractivity (Wildman–Crippen MR) is 26.5 cm³/mol. The van der Waals surface area contributed by atoms with Crippen molar-refractivity contribution in [1.29, 1.82) is 0 Å². The van der Waals surface area contributed by atoms with E-state index in [0.29, 0.717) is 0 Å². The van der Waals surface area contributed by atoms with Gasteiger partial charge in [-0.05, 0) is 12.8 Å². The normalized spacial score (nSPS) is 10.0. The van der Waals surface area contributed by atoms with Crippen LogP contribution in [0.3, 0.4) is 0 Å². The lowest BCUT2D eigenvalue weighted by molar-refractivity contribution is 0.611. The second-order valence-corrected chi connectivity index (χ2v) is 1.47. The summed E-state index contributed by atoms with van der Waals surface area (Å²) in [5.41, 5.74) is 8.67. The van der Waals surface area contributed by atoms with Crippen LogP contribution in [0.4, 0.5) is 0 Å². The Hall–Kier alpha value is -0.0400. The summed E-state index contributed by atoms with van der Waals surface area (Å²) < 4.78 is 0. The van der Waals surface area contributed by atoms with Crippen molar-refractivity contribution in [3.05, 3.63) is 0 Å². The van der Waals surface area contributed by atoms with E-state index in [2.05, 4.69) is 0 Å². The molecule has 0 amide bonds. The first-order valence-corrected chi connectivity index (χ1v) is 2.49. The molecule has 0 aliphatic carbocycles. The molecule has 0 unspecified atom stereocenters.